The van der Waals surface area contributed by atoms with E-state index in [9.17, 15) is 18.3 Å². The molecule has 0 saturated heterocycles. The molecule has 180 valence electrons. The van der Waals surface area contributed by atoms with E-state index in [0.717, 1.165) is 15.6 Å². The second kappa shape index (κ2) is 11.0. The van der Waals surface area contributed by atoms with Crippen LogP contribution < -0.4 is 19.7 Å². The summed E-state index contributed by atoms with van der Waals surface area (Å²) in [7, 11) is -4.03. The van der Waals surface area contributed by atoms with Crippen LogP contribution in [0, 0.1) is 6.92 Å². The number of aliphatic hydroxyl groups is 1. The van der Waals surface area contributed by atoms with Crippen molar-refractivity contribution in [3.05, 3.63) is 78.6 Å². The van der Waals surface area contributed by atoms with Gasteiger partial charge in [0.2, 0.25) is 5.91 Å². The summed E-state index contributed by atoms with van der Waals surface area (Å²) in [5.41, 5.74) is 7.17. The molecule has 3 aromatic rings. The Morgan fingerprint density at radius 2 is 1.76 bits per heavy atom. The van der Waals surface area contributed by atoms with E-state index in [1.54, 1.807) is 79.7 Å². The molecule has 0 saturated carbocycles. The third-order valence-electron chi connectivity index (χ3n) is 5.00. The molecule has 0 bridgehead atoms. The minimum absolute atomic E-state index is 0.0464. The third-order valence-corrected chi connectivity index (χ3v) is 6.79. The van der Waals surface area contributed by atoms with E-state index in [2.05, 4.69) is 4.98 Å². The van der Waals surface area contributed by atoms with Gasteiger partial charge in [0.15, 0.2) is 0 Å². The lowest BCUT2D eigenvalue weighted by molar-refractivity contribution is -0.116. The fourth-order valence-electron chi connectivity index (χ4n) is 3.46. The molecule has 2 aromatic carbocycles. The summed E-state index contributed by atoms with van der Waals surface area (Å²) in [5.74, 6) is -0.360. The molecule has 0 spiro atoms. The van der Waals surface area contributed by atoms with Crippen LogP contribution in [0.5, 0.6) is 5.75 Å². The van der Waals surface area contributed by atoms with E-state index < -0.39 is 28.7 Å². The first-order valence-corrected chi connectivity index (χ1v) is 12.1. The predicted molar refractivity (Wildman–Crippen MR) is 130 cm³/mol. The molecule has 0 radical (unpaired) electrons. The van der Waals surface area contributed by atoms with Crippen molar-refractivity contribution in [2.45, 2.75) is 25.0 Å². The highest BCUT2D eigenvalue weighted by Crippen LogP contribution is 2.29. The number of hydrogen-bond acceptors (Lipinski definition) is 7. The second-order valence-electron chi connectivity index (χ2n) is 7.67. The number of amides is 1. The molecule has 1 unspecified atom stereocenters. The van der Waals surface area contributed by atoms with Crippen LogP contribution in [0.3, 0.4) is 0 Å². The number of carbonyl (C=O) groups excluding carboxylic acids is 1. The molecule has 10 heteroatoms. The molecule has 0 fully saturated rings. The summed E-state index contributed by atoms with van der Waals surface area (Å²) in [4.78, 5) is 17.5. The number of anilines is 2. The summed E-state index contributed by atoms with van der Waals surface area (Å²) in [6.45, 7) is 3.53. The zero-order chi connectivity index (χ0) is 24.7. The van der Waals surface area contributed by atoms with Gasteiger partial charge in [-0.15, -0.1) is 0 Å². The van der Waals surface area contributed by atoms with Gasteiger partial charge in [0.25, 0.3) is 10.0 Å². The Labute approximate surface area is 199 Å². The van der Waals surface area contributed by atoms with Crippen molar-refractivity contribution < 1.29 is 23.1 Å². The van der Waals surface area contributed by atoms with E-state index in [1.165, 1.54) is 12.1 Å². The van der Waals surface area contributed by atoms with E-state index in [0.29, 0.717) is 12.3 Å². The van der Waals surface area contributed by atoms with Crippen LogP contribution in [-0.4, -0.2) is 50.3 Å². The summed E-state index contributed by atoms with van der Waals surface area (Å²) in [5, 5.41) is 10.1. The van der Waals surface area contributed by atoms with Crippen molar-refractivity contribution in [1.29, 1.82) is 0 Å². The largest absolute Gasteiger partial charge is 0.492 e. The summed E-state index contributed by atoms with van der Waals surface area (Å²) in [6.07, 6.45) is 2.53. The molecule has 3 N–H and O–H groups in total. The topological polar surface area (TPSA) is 126 Å². The van der Waals surface area contributed by atoms with Crippen molar-refractivity contribution in [3.8, 4) is 5.75 Å². The first-order chi connectivity index (χ1) is 16.2. The van der Waals surface area contributed by atoms with Gasteiger partial charge in [-0.05, 0) is 55.8 Å². The molecule has 1 atom stereocenters. The van der Waals surface area contributed by atoms with Gasteiger partial charge in [-0.1, -0.05) is 18.2 Å². The maximum Gasteiger partial charge on any atom is 0.264 e. The highest BCUT2D eigenvalue weighted by Gasteiger charge is 2.27. The highest BCUT2D eigenvalue weighted by molar-refractivity contribution is 7.92. The van der Waals surface area contributed by atoms with Crippen LogP contribution in [0.2, 0.25) is 0 Å². The smallest absolute Gasteiger partial charge is 0.264 e. The normalized spacial score (nSPS) is 12.1. The van der Waals surface area contributed by atoms with Gasteiger partial charge >= 0.3 is 0 Å². The average Bonchev–Trinajstić information content (AvgIpc) is 2.80. The van der Waals surface area contributed by atoms with Gasteiger partial charge < -0.3 is 20.5 Å². The Kier molecular flexibility index (Phi) is 8.08. The average molecular weight is 485 g/mol. The monoisotopic (exact) mass is 484 g/mol. The minimum atomic E-state index is -4.03. The van der Waals surface area contributed by atoms with E-state index >= 15 is 0 Å². The number of ether oxygens (including phenoxy) is 1. The number of nitrogens with zero attached hydrogens (tertiary/aromatic N) is 3. The molecule has 34 heavy (non-hydrogen) atoms. The van der Waals surface area contributed by atoms with Gasteiger partial charge in [-0.3, -0.25) is 14.1 Å². The summed E-state index contributed by atoms with van der Waals surface area (Å²) in [6, 6.07) is 16.4. The van der Waals surface area contributed by atoms with Gasteiger partial charge in [-0.2, -0.15) is 0 Å². The molecule has 1 aromatic heterocycles. The Balaban J connectivity index is 1.84. The lowest BCUT2D eigenvalue weighted by Crippen LogP contribution is -2.38. The molecular weight excluding hydrogens is 456 g/mol. The lowest BCUT2D eigenvalue weighted by atomic mass is 10.2. The Morgan fingerprint density at radius 1 is 1.09 bits per heavy atom. The van der Waals surface area contributed by atoms with Gasteiger partial charge in [-0.25, -0.2) is 8.42 Å². The SMILES string of the molecule is Cc1cc(OCCN(c2ccncc2)C(C)O)cc(N(CC(N)=O)S(=O)(=O)c2ccccc2)c1. The van der Waals surface area contributed by atoms with Crippen molar-refractivity contribution in [1.82, 2.24) is 4.98 Å². The van der Waals surface area contributed by atoms with Gasteiger partial charge in [0, 0.05) is 24.1 Å². The first kappa shape index (κ1) is 25.0. The quantitative estimate of drug-likeness (QED) is 0.400. The zero-order valence-electron chi connectivity index (χ0n) is 19.0. The van der Waals surface area contributed by atoms with Crippen LogP contribution in [0.15, 0.2) is 78.0 Å². The van der Waals surface area contributed by atoms with Crippen molar-refractivity contribution >= 4 is 27.3 Å². The number of benzene rings is 2. The molecule has 1 amide bonds. The predicted octanol–water partition coefficient (Wildman–Crippen LogP) is 2.29. The number of nitrogens with two attached hydrogens (primary N) is 1. The van der Waals surface area contributed by atoms with Crippen LogP contribution in [0.1, 0.15) is 12.5 Å². The maximum atomic E-state index is 13.3. The van der Waals surface area contributed by atoms with Crippen molar-refractivity contribution in [3.63, 3.8) is 0 Å². The zero-order valence-corrected chi connectivity index (χ0v) is 19.9. The number of aryl methyl sites for hydroxylation is 1. The van der Waals surface area contributed by atoms with Crippen LogP contribution in [0.25, 0.3) is 0 Å². The molecule has 9 nitrogen and oxygen atoms in total. The minimum Gasteiger partial charge on any atom is -0.492 e. The number of rotatable bonds is 11. The Hall–Kier alpha value is -3.63. The molecule has 0 aliphatic carbocycles. The Bertz CT molecular complexity index is 1200. The number of sulfonamides is 1. The number of primary amides is 1. The highest BCUT2D eigenvalue weighted by atomic mass is 32.2. The number of carbonyl (C=O) groups is 1. The molecular formula is C24H28N4O5S. The van der Waals surface area contributed by atoms with Gasteiger partial charge in [0.05, 0.1) is 17.1 Å². The molecule has 0 aliphatic rings. The molecule has 3 rings (SSSR count). The van der Waals surface area contributed by atoms with Crippen LogP contribution in [-0.2, 0) is 14.8 Å². The lowest BCUT2D eigenvalue weighted by Gasteiger charge is -2.28. The number of pyridine rings is 1. The number of aromatic nitrogens is 1. The van der Waals surface area contributed by atoms with Crippen molar-refractivity contribution in [2.24, 2.45) is 5.73 Å². The molecule has 0 aliphatic heterocycles. The first-order valence-electron chi connectivity index (χ1n) is 10.6. The maximum absolute atomic E-state index is 13.3. The second-order valence-corrected chi connectivity index (χ2v) is 9.54. The van der Waals surface area contributed by atoms with Crippen LogP contribution >= 0.6 is 0 Å². The third kappa shape index (κ3) is 6.24. The van der Waals surface area contributed by atoms with Gasteiger partial charge in [0.1, 0.15) is 25.1 Å². The molecule has 1 heterocycles. The fourth-order valence-corrected chi connectivity index (χ4v) is 4.90. The number of aliphatic hydroxyl groups excluding tert-OH is 1. The standard InChI is InChI=1S/C24H28N4O5S/c1-18-14-21(28(17-24(25)30)34(31,32)23-6-4-3-5-7-23)16-22(15-18)33-13-12-27(19(2)29)20-8-10-26-11-9-20/h3-11,14-16,19,29H,12-13,17H2,1-2H3,(H2,25,30). The van der Waals surface area contributed by atoms with E-state index in [-0.39, 0.29) is 17.2 Å². The summed E-state index contributed by atoms with van der Waals surface area (Å²) < 4.78 is 33.4. The van der Waals surface area contributed by atoms with E-state index in [4.69, 9.17) is 10.5 Å². The fraction of sp³-hybridized carbons (Fsp3) is 0.250. The van der Waals surface area contributed by atoms with Crippen molar-refractivity contribution in [2.75, 3.05) is 28.9 Å². The summed E-state index contributed by atoms with van der Waals surface area (Å²) >= 11 is 0. The number of hydrogen-bond donors (Lipinski definition) is 2. The van der Waals surface area contributed by atoms with E-state index in [1.807, 2.05) is 0 Å². The Morgan fingerprint density at radius 3 is 2.38 bits per heavy atom. The van der Waals surface area contributed by atoms with Crippen LogP contribution in [0.4, 0.5) is 11.4 Å².